The van der Waals surface area contributed by atoms with Crippen LogP contribution in [0.3, 0.4) is 0 Å². The molecular formula is C18H22O4. The lowest BCUT2D eigenvalue weighted by atomic mass is 10.1. The van der Waals surface area contributed by atoms with E-state index in [1.165, 1.54) is 12.2 Å². The third-order valence-electron chi connectivity index (χ3n) is 2.78. The van der Waals surface area contributed by atoms with E-state index in [9.17, 15) is 9.59 Å². The van der Waals surface area contributed by atoms with E-state index >= 15 is 0 Å². The van der Waals surface area contributed by atoms with Crippen LogP contribution in [0, 0.1) is 13.8 Å². The Bertz CT molecular complexity index is 643. The molecule has 1 aromatic rings. The molecule has 1 rings (SSSR count). The molecule has 0 saturated carbocycles. The molecule has 0 amide bonds. The highest BCUT2D eigenvalue weighted by molar-refractivity contribution is 5.86. The molecule has 0 fully saturated rings. The molecule has 0 aliphatic heterocycles. The van der Waals surface area contributed by atoms with E-state index in [0.29, 0.717) is 17.1 Å². The van der Waals surface area contributed by atoms with E-state index < -0.39 is 11.9 Å². The molecule has 0 bridgehead atoms. The van der Waals surface area contributed by atoms with Gasteiger partial charge in [-0.2, -0.15) is 0 Å². The van der Waals surface area contributed by atoms with Crippen LogP contribution >= 0.6 is 0 Å². The number of hydrogen-bond donors (Lipinski definition) is 0. The first-order valence-electron chi connectivity index (χ1n) is 7.04. The van der Waals surface area contributed by atoms with Gasteiger partial charge in [-0.3, -0.25) is 0 Å². The molecule has 0 aromatic heterocycles. The molecule has 0 atom stereocenters. The van der Waals surface area contributed by atoms with E-state index in [2.05, 4.69) is 0 Å². The molecule has 0 heterocycles. The summed E-state index contributed by atoms with van der Waals surface area (Å²) in [5, 5.41) is 0. The summed E-state index contributed by atoms with van der Waals surface area (Å²) in [6, 6.07) is 3.45. The van der Waals surface area contributed by atoms with Gasteiger partial charge in [-0.05, 0) is 53.2 Å². The van der Waals surface area contributed by atoms with Gasteiger partial charge < -0.3 is 9.47 Å². The maximum Gasteiger partial charge on any atom is 0.336 e. The Morgan fingerprint density at radius 2 is 1.36 bits per heavy atom. The van der Waals surface area contributed by atoms with Crippen molar-refractivity contribution in [3.8, 4) is 11.5 Å². The molecule has 118 valence electrons. The van der Waals surface area contributed by atoms with Gasteiger partial charge in [-0.15, -0.1) is 0 Å². The molecule has 0 N–H and O–H groups in total. The van der Waals surface area contributed by atoms with Gasteiger partial charge in [-0.1, -0.05) is 17.2 Å². The first kappa shape index (κ1) is 17.7. The topological polar surface area (TPSA) is 52.6 Å². The number of esters is 2. The zero-order valence-corrected chi connectivity index (χ0v) is 13.9. The Morgan fingerprint density at radius 3 is 1.86 bits per heavy atom. The Morgan fingerprint density at radius 1 is 0.864 bits per heavy atom. The third kappa shape index (κ3) is 5.20. The standard InChI is InChI=1S/C18H22O4/c1-11(2)9-16(19)21-15-8-7-13(5)18(14(15)6)22-17(20)10-12(3)4/h7-10H,1-6H3. The number of benzene rings is 1. The predicted molar refractivity (Wildman–Crippen MR) is 86.0 cm³/mol. The third-order valence-corrected chi connectivity index (χ3v) is 2.78. The van der Waals surface area contributed by atoms with Gasteiger partial charge in [0.15, 0.2) is 0 Å². The fourth-order valence-electron chi connectivity index (χ4n) is 1.82. The summed E-state index contributed by atoms with van der Waals surface area (Å²) in [5.74, 6) is -0.0920. The van der Waals surface area contributed by atoms with Crippen LogP contribution in [0.15, 0.2) is 35.4 Å². The van der Waals surface area contributed by atoms with E-state index in [1.54, 1.807) is 19.1 Å². The number of carbonyl (C=O) groups excluding carboxylic acids is 2. The number of rotatable bonds is 4. The van der Waals surface area contributed by atoms with Crippen molar-refractivity contribution in [3.63, 3.8) is 0 Å². The summed E-state index contributed by atoms with van der Waals surface area (Å²) in [7, 11) is 0. The summed E-state index contributed by atoms with van der Waals surface area (Å²) in [6.07, 6.45) is 2.83. The number of allylic oxidation sites excluding steroid dienone is 2. The van der Waals surface area contributed by atoms with Crippen molar-refractivity contribution >= 4 is 11.9 Å². The van der Waals surface area contributed by atoms with Gasteiger partial charge in [0, 0.05) is 17.7 Å². The van der Waals surface area contributed by atoms with Gasteiger partial charge in [-0.25, -0.2) is 9.59 Å². The number of aryl methyl sites for hydroxylation is 1. The Labute approximate surface area is 131 Å². The summed E-state index contributed by atoms with van der Waals surface area (Å²) < 4.78 is 10.7. The quantitative estimate of drug-likeness (QED) is 0.478. The summed E-state index contributed by atoms with van der Waals surface area (Å²) in [6.45, 7) is 10.9. The monoisotopic (exact) mass is 302 g/mol. The van der Waals surface area contributed by atoms with Crippen LogP contribution in [0.25, 0.3) is 0 Å². The van der Waals surface area contributed by atoms with Crippen LogP contribution in [-0.2, 0) is 9.59 Å². The molecule has 0 saturated heterocycles. The highest BCUT2D eigenvalue weighted by Gasteiger charge is 2.14. The molecule has 0 aliphatic rings. The predicted octanol–water partition coefficient (Wildman–Crippen LogP) is 4.05. The number of ether oxygens (including phenoxy) is 2. The normalized spacial score (nSPS) is 9.73. The van der Waals surface area contributed by atoms with Crippen LogP contribution in [0.5, 0.6) is 11.5 Å². The van der Waals surface area contributed by atoms with Gasteiger partial charge in [0.1, 0.15) is 11.5 Å². The lowest BCUT2D eigenvalue weighted by Gasteiger charge is -2.13. The average molecular weight is 302 g/mol. The second-order valence-electron chi connectivity index (χ2n) is 5.62. The number of carbonyl (C=O) groups is 2. The minimum Gasteiger partial charge on any atom is -0.423 e. The van der Waals surface area contributed by atoms with E-state index in [-0.39, 0.29) is 0 Å². The molecule has 1 aromatic carbocycles. The van der Waals surface area contributed by atoms with Crippen molar-refractivity contribution < 1.29 is 19.1 Å². The summed E-state index contributed by atoms with van der Waals surface area (Å²) >= 11 is 0. The summed E-state index contributed by atoms with van der Waals surface area (Å²) in [4.78, 5) is 23.5. The van der Waals surface area contributed by atoms with E-state index in [4.69, 9.17) is 9.47 Å². The highest BCUT2D eigenvalue weighted by Crippen LogP contribution is 2.31. The van der Waals surface area contributed by atoms with Crippen molar-refractivity contribution in [2.24, 2.45) is 0 Å². The maximum absolute atomic E-state index is 11.8. The van der Waals surface area contributed by atoms with Crippen LogP contribution < -0.4 is 9.47 Å². The Balaban J connectivity index is 3.07. The molecule has 0 radical (unpaired) electrons. The zero-order valence-electron chi connectivity index (χ0n) is 13.9. The van der Waals surface area contributed by atoms with Gasteiger partial charge >= 0.3 is 11.9 Å². The molecule has 22 heavy (non-hydrogen) atoms. The van der Waals surface area contributed by atoms with E-state index in [1.807, 2.05) is 34.6 Å². The average Bonchev–Trinajstić information content (AvgIpc) is 2.36. The number of hydrogen-bond acceptors (Lipinski definition) is 4. The van der Waals surface area contributed by atoms with Crippen LogP contribution in [0.2, 0.25) is 0 Å². The minimum absolute atomic E-state index is 0.383. The SMILES string of the molecule is CC(C)=CC(=O)Oc1ccc(C)c(OC(=O)C=C(C)C)c1C. The van der Waals surface area contributed by atoms with E-state index in [0.717, 1.165) is 16.7 Å². The Hall–Kier alpha value is -2.36. The van der Waals surface area contributed by atoms with Crippen LogP contribution in [0.1, 0.15) is 38.8 Å². The maximum atomic E-state index is 11.8. The lowest BCUT2D eigenvalue weighted by Crippen LogP contribution is -2.10. The van der Waals surface area contributed by atoms with Crippen LogP contribution in [0.4, 0.5) is 0 Å². The zero-order chi connectivity index (χ0) is 16.9. The second kappa shape index (κ2) is 7.59. The van der Waals surface area contributed by atoms with Crippen molar-refractivity contribution in [1.82, 2.24) is 0 Å². The fraction of sp³-hybridized carbons (Fsp3) is 0.333. The highest BCUT2D eigenvalue weighted by atomic mass is 16.5. The van der Waals surface area contributed by atoms with Crippen LogP contribution in [-0.4, -0.2) is 11.9 Å². The van der Waals surface area contributed by atoms with Gasteiger partial charge in [0.05, 0.1) is 0 Å². The molecule has 4 nitrogen and oxygen atoms in total. The Kier molecular flexibility index (Phi) is 6.11. The minimum atomic E-state index is -0.450. The van der Waals surface area contributed by atoms with Crippen molar-refractivity contribution in [3.05, 3.63) is 46.6 Å². The summed E-state index contributed by atoms with van der Waals surface area (Å²) in [5.41, 5.74) is 3.12. The first-order valence-corrected chi connectivity index (χ1v) is 7.04. The first-order chi connectivity index (χ1) is 10.2. The molecular weight excluding hydrogens is 280 g/mol. The molecule has 0 unspecified atom stereocenters. The molecule has 0 aliphatic carbocycles. The van der Waals surface area contributed by atoms with Crippen molar-refractivity contribution in [1.29, 1.82) is 0 Å². The van der Waals surface area contributed by atoms with Crippen molar-refractivity contribution in [2.75, 3.05) is 0 Å². The molecule has 0 spiro atoms. The smallest absolute Gasteiger partial charge is 0.336 e. The second-order valence-corrected chi connectivity index (χ2v) is 5.62. The fourth-order valence-corrected chi connectivity index (χ4v) is 1.82. The van der Waals surface area contributed by atoms with Crippen molar-refractivity contribution in [2.45, 2.75) is 41.5 Å². The lowest BCUT2D eigenvalue weighted by molar-refractivity contribution is -0.129. The van der Waals surface area contributed by atoms with Gasteiger partial charge in [0.2, 0.25) is 0 Å². The largest absolute Gasteiger partial charge is 0.423 e. The molecule has 4 heteroatoms. The van der Waals surface area contributed by atoms with Gasteiger partial charge in [0.25, 0.3) is 0 Å².